The summed E-state index contributed by atoms with van der Waals surface area (Å²) in [6, 6.07) is 15.5. The van der Waals surface area contributed by atoms with E-state index < -0.39 is 0 Å². The molecule has 21 heavy (non-hydrogen) atoms. The predicted octanol–water partition coefficient (Wildman–Crippen LogP) is 4.70. The van der Waals surface area contributed by atoms with Crippen LogP contribution in [-0.4, -0.2) is 20.3 Å². The van der Waals surface area contributed by atoms with Gasteiger partial charge < -0.3 is 14.2 Å². The van der Waals surface area contributed by atoms with Gasteiger partial charge in [0.2, 0.25) is 0 Å². The van der Waals surface area contributed by atoms with Crippen LogP contribution in [0.1, 0.15) is 12.8 Å². The van der Waals surface area contributed by atoms with Crippen LogP contribution in [0.5, 0.6) is 17.2 Å². The number of unbranched alkanes of at least 4 members (excludes halogenated alkanes) is 1. The van der Waals surface area contributed by atoms with E-state index in [9.17, 15) is 0 Å². The summed E-state index contributed by atoms with van der Waals surface area (Å²) in [5.41, 5.74) is 0. The van der Waals surface area contributed by atoms with Gasteiger partial charge in [-0.25, -0.2) is 0 Å². The van der Waals surface area contributed by atoms with Gasteiger partial charge in [0.15, 0.2) is 0 Å². The Morgan fingerprint density at radius 3 is 2.10 bits per heavy atom. The van der Waals surface area contributed by atoms with Crippen molar-refractivity contribution in [1.29, 1.82) is 0 Å². The lowest BCUT2D eigenvalue weighted by Gasteiger charge is -2.09. The Morgan fingerprint density at radius 2 is 1.43 bits per heavy atom. The summed E-state index contributed by atoms with van der Waals surface area (Å²) in [5, 5.41) is 0. The Balaban J connectivity index is 1.60. The number of halogens is 1. The van der Waals surface area contributed by atoms with Gasteiger partial charge in [0.25, 0.3) is 0 Å². The highest BCUT2D eigenvalue weighted by Gasteiger charge is 1.99. The second kappa shape index (κ2) is 8.57. The van der Waals surface area contributed by atoms with E-state index in [1.807, 2.05) is 48.5 Å². The lowest BCUT2D eigenvalue weighted by atomic mass is 10.3. The van der Waals surface area contributed by atoms with E-state index in [1.54, 1.807) is 7.11 Å². The SMILES string of the molecule is COc1ccc(OCCCCOc2ccccc2Br)cc1. The molecule has 2 aromatic carbocycles. The van der Waals surface area contributed by atoms with Crippen LogP contribution in [0.3, 0.4) is 0 Å². The van der Waals surface area contributed by atoms with Gasteiger partial charge in [-0.15, -0.1) is 0 Å². The van der Waals surface area contributed by atoms with E-state index in [2.05, 4.69) is 15.9 Å². The molecule has 4 heteroatoms. The molecule has 0 aliphatic rings. The van der Waals surface area contributed by atoms with Crippen molar-refractivity contribution in [2.45, 2.75) is 12.8 Å². The number of methoxy groups -OCH3 is 1. The largest absolute Gasteiger partial charge is 0.497 e. The highest BCUT2D eigenvalue weighted by molar-refractivity contribution is 9.10. The first-order valence-electron chi connectivity index (χ1n) is 6.94. The number of rotatable bonds is 8. The van der Waals surface area contributed by atoms with Gasteiger partial charge in [-0.2, -0.15) is 0 Å². The average Bonchev–Trinajstić information content (AvgIpc) is 2.53. The Kier molecular flexibility index (Phi) is 6.41. The normalized spacial score (nSPS) is 10.2. The Hall–Kier alpha value is -1.68. The topological polar surface area (TPSA) is 27.7 Å². The molecule has 0 aliphatic heterocycles. The maximum atomic E-state index is 5.70. The predicted molar refractivity (Wildman–Crippen MR) is 87.4 cm³/mol. The summed E-state index contributed by atoms with van der Waals surface area (Å²) in [7, 11) is 1.65. The molecule has 0 heterocycles. The van der Waals surface area contributed by atoms with Crippen LogP contribution < -0.4 is 14.2 Å². The maximum absolute atomic E-state index is 5.70. The van der Waals surface area contributed by atoms with Crippen molar-refractivity contribution in [3.63, 3.8) is 0 Å². The van der Waals surface area contributed by atoms with Crippen molar-refractivity contribution >= 4 is 15.9 Å². The monoisotopic (exact) mass is 350 g/mol. The summed E-state index contributed by atoms with van der Waals surface area (Å²) < 4.78 is 17.4. The highest BCUT2D eigenvalue weighted by atomic mass is 79.9. The molecule has 2 aromatic rings. The molecule has 0 saturated heterocycles. The number of ether oxygens (including phenoxy) is 3. The molecule has 2 rings (SSSR count). The first kappa shape index (κ1) is 15.7. The fourth-order valence-electron chi connectivity index (χ4n) is 1.81. The molecule has 0 atom stereocenters. The molecule has 0 N–H and O–H groups in total. The Labute approximate surface area is 134 Å². The summed E-state index contributed by atoms with van der Waals surface area (Å²) in [4.78, 5) is 0. The summed E-state index contributed by atoms with van der Waals surface area (Å²) in [5.74, 6) is 2.58. The summed E-state index contributed by atoms with van der Waals surface area (Å²) in [6.07, 6.45) is 1.91. The zero-order valence-electron chi connectivity index (χ0n) is 12.0. The molecule has 112 valence electrons. The van der Waals surface area contributed by atoms with Crippen LogP contribution in [0, 0.1) is 0 Å². The van der Waals surface area contributed by atoms with E-state index in [4.69, 9.17) is 14.2 Å². The summed E-state index contributed by atoms with van der Waals surface area (Å²) >= 11 is 3.46. The van der Waals surface area contributed by atoms with Crippen LogP contribution in [0.15, 0.2) is 53.0 Å². The van der Waals surface area contributed by atoms with E-state index in [0.29, 0.717) is 13.2 Å². The molecular formula is C17H19BrO3. The van der Waals surface area contributed by atoms with Crippen molar-refractivity contribution in [2.24, 2.45) is 0 Å². The van der Waals surface area contributed by atoms with Crippen molar-refractivity contribution in [3.05, 3.63) is 53.0 Å². The lowest BCUT2D eigenvalue weighted by molar-refractivity contribution is 0.265. The van der Waals surface area contributed by atoms with Crippen molar-refractivity contribution < 1.29 is 14.2 Å². The second-order valence-electron chi connectivity index (χ2n) is 4.51. The minimum absolute atomic E-state index is 0.686. The fourth-order valence-corrected chi connectivity index (χ4v) is 2.21. The fraction of sp³-hybridized carbons (Fsp3) is 0.294. The van der Waals surface area contributed by atoms with Gasteiger partial charge in [-0.1, -0.05) is 12.1 Å². The third-order valence-electron chi connectivity index (χ3n) is 2.96. The van der Waals surface area contributed by atoms with E-state index in [1.165, 1.54) is 0 Å². The maximum Gasteiger partial charge on any atom is 0.133 e. The first-order valence-corrected chi connectivity index (χ1v) is 7.73. The quantitative estimate of drug-likeness (QED) is 0.646. The van der Waals surface area contributed by atoms with E-state index >= 15 is 0 Å². The lowest BCUT2D eigenvalue weighted by Crippen LogP contribution is -2.02. The molecule has 0 bridgehead atoms. The number of hydrogen-bond acceptors (Lipinski definition) is 3. The van der Waals surface area contributed by atoms with Crippen LogP contribution in [-0.2, 0) is 0 Å². The highest BCUT2D eigenvalue weighted by Crippen LogP contribution is 2.24. The molecule has 0 aliphatic carbocycles. The number of benzene rings is 2. The summed E-state index contributed by atoms with van der Waals surface area (Å²) in [6.45, 7) is 1.38. The molecule has 0 fully saturated rings. The van der Waals surface area contributed by atoms with Crippen molar-refractivity contribution in [3.8, 4) is 17.2 Å². The first-order chi connectivity index (χ1) is 10.3. The molecule has 0 saturated carbocycles. The number of hydrogen-bond donors (Lipinski definition) is 0. The van der Waals surface area contributed by atoms with Crippen LogP contribution in [0.2, 0.25) is 0 Å². The van der Waals surface area contributed by atoms with Gasteiger partial charge in [0.1, 0.15) is 17.2 Å². The van der Waals surface area contributed by atoms with Crippen LogP contribution in [0.4, 0.5) is 0 Å². The van der Waals surface area contributed by atoms with E-state index in [-0.39, 0.29) is 0 Å². The zero-order chi connectivity index (χ0) is 14.9. The van der Waals surface area contributed by atoms with Gasteiger partial charge in [0, 0.05) is 0 Å². The molecule has 0 amide bonds. The molecule has 0 radical (unpaired) electrons. The van der Waals surface area contributed by atoms with Crippen molar-refractivity contribution in [2.75, 3.05) is 20.3 Å². The minimum atomic E-state index is 0.686. The van der Waals surface area contributed by atoms with Gasteiger partial charge in [-0.3, -0.25) is 0 Å². The Bertz CT molecular complexity index is 540. The standard InChI is InChI=1S/C17H19BrO3/c1-19-14-8-10-15(11-9-14)20-12-4-5-13-21-17-7-3-2-6-16(17)18/h2-3,6-11H,4-5,12-13H2,1H3. The van der Waals surface area contributed by atoms with E-state index in [0.717, 1.165) is 34.6 Å². The Morgan fingerprint density at radius 1 is 0.810 bits per heavy atom. The molecule has 3 nitrogen and oxygen atoms in total. The van der Waals surface area contributed by atoms with Gasteiger partial charge in [-0.05, 0) is 65.2 Å². The van der Waals surface area contributed by atoms with Crippen LogP contribution >= 0.6 is 15.9 Å². The average molecular weight is 351 g/mol. The zero-order valence-corrected chi connectivity index (χ0v) is 13.6. The molecule has 0 aromatic heterocycles. The molecule has 0 unspecified atom stereocenters. The third-order valence-corrected chi connectivity index (χ3v) is 3.62. The van der Waals surface area contributed by atoms with Gasteiger partial charge in [0.05, 0.1) is 24.8 Å². The van der Waals surface area contributed by atoms with Gasteiger partial charge >= 0.3 is 0 Å². The van der Waals surface area contributed by atoms with Crippen LogP contribution in [0.25, 0.3) is 0 Å². The molecular weight excluding hydrogens is 332 g/mol. The minimum Gasteiger partial charge on any atom is -0.497 e. The third kappa shape index (κ3) is 5.31. The smallest absolute Gasteiger partial charge is 0.133 e. The second-order valence-corrected chi connectivity index (χ2v) is 5.36. The molecule has 0 spiro atoms. The van der Waals surface area contributed by atoms with Crippen molar-refractivity contribution in [1.82, 2.24) is 0 Å². The number of para-hydroxylation sites is 1.